The van der Waals surface area contributed by atoms with Crippen LogP contribution in [0, 0.1) is 0 Å². The predicted molar refractivity (Wildman–Crippen MR) is 100 cm³/mol. The number of carbonyl (C=O) groups is 2. The van der Waals surface area contributed by atoms with E-state index in [-0.39, 0.29) is 5.56 Å². The third-order valence-electron chi connectivity index (χ3n) is 3.98. The molecule has 26 heavy (non-hydrogen) atoms. The minimum Gasteiger partial charge on any atom is -0.496 e. The van der Waals surface area contributed by atoms with Gasteiger partial charge in [-0.25, -0.2) is 4.79 Å². The molecule has 3 rings (SSSR count). The number of esters is 1. The van der Waals surface area contributed by atoms with Crippen molar-refractivity contribution in [3.63, 3.8) is 0 Å². The molecule has 0 aromatic heterocycles. The van der Waals surface area contributed by atoms with Gasteiger partial charge in [0.05, 0.1) is 7.11 Å². The SMILES string of the molecule is COc1cc2ccccc2cc1C(=O)O[C@@H](C)C(=O)Nc1ccccc1. The van der Waals surface area contributed by atoms with Crippen molar-refractivity contribution in [2.24, 2.45) is 0 Å². The van der Waals surface area contributed by atoms with Crippen LogP contribution in [0.2, 0.25) is 0 Å². The number of nitrogens with one attached hydrogen (secondary N) is 1. The Hall–Kier alpha value is -3.34. The second kappa shape index (κ2) is 7.70. The predicted octanol–water partition coefficient (Wildman–Crippen LogP) is 4.03. The molecule has 0 saturated heterocycles. The molecule has 0 saturated carbocycles. The Labute approximate surface area is 151 Å². The summed E-state index contributed by atoms with van der Waals surface area (Å²) in [6, 6.07) is 20.1. The van der Waals surface area contributed by atoms with Gasteiger partial charge >= 0.3 is 5.97 Å². The maximum atomic E-state index is 12.6. The van der Waals surface area contributed by atoms with Gasteiger partial charge in [-0.15, -0.1) is 0 Å². The maximum Gasteiger partial charge on any atom is 0.342 e. The van der Waals surface area contributed by atoms with Crippen molar-refractivity contribution in [3.8, 4) is 5.75 Å². The van der Waals surface area contributed by atoms with E-state index in [9.17, 15) is 9.59 Å². The normalized spacial score (nSPS) is 11.6. The molecule has 5 heteroatoms. The maximum absolute atomic E-state index is 12.6. The van der Waals surface area contributed by atoms with Crippen molar-refractivity contribution < 1.29 is 19.1 Å². The smallest absolute Gasteiger partial charge is 0.342 e. The van der Waals surface area contributed by atoms with Gasteiger partial charge in [0.2, 0.25) is 0 Å². The van der Waals surface area contributed by atoms with Crippen molar-refractivity contribution in [2.45, 2.75) is 13.0 Å². The summed E-state index contributed by atoms with van der Waals surface area (Å²) in [5.74, 6) is -0.600. The minimum absolute atomic E-state index is 0.283. The molecule has 1 N–H and O–H groups in total. The first-order valence-electron chi connectivity index (χ1n) is 8.22. The van der Waals surface area contributed by atoms with Gasteiger partial charge in [-0.1, -0.05) is 42.5 Å². The number of rotatable bonds is 5. The van der Waals surface area contributed by atoms with Crippen molar-refractivity contribution in [1.82, 2.24) is 0 Å². The number of hydrogen-bond acceptors (Lipinski definition) is 4. The van der Waals surface area contributed by atoms with Crippen LogP contribution in [0.5, 0.6) is 5.75 Å². The van der Waals surface area contributed by atoms with Gasteiger partial charge in [0.1, 0.15) is 11.3 Å². The first-order chi connectivity index (χ1) is 12.6. The number of carbonyl (C=O) groups excluding carboxylic acids is 2. The summed E-state index contributed by atoms with van der Waals surface area (Å²) in [7, 11) is 1.49. The first-order valence-corrected chi connectivity index (χ1v) is 8.22. The summed E-state index contributed by atoms with van der Waals surface area (Å²) >= 11 is 0. The Kier molecular flexibility index (Phi) is 5.17. The monoisotopic (exact) mass is 349 g/mol. The summed E-state index contributed by atoms with van der Waals surface area (Å²) in [5, 5.41) is 4.55. The van der Waals surface area contributed by atoms with Crippen LogP contribution in [0.25, 0.3) is 10.8 Å². The summed E-state index contributed by atoms with van der Waals surface area (Å²) in [5.41, 5.74) is 0.925. The van der Waals surface area contributed by atoms with Gasteiger partial charge in [-0.2, -0.15) is 0 Å². The molecule has 0 aliphatic carbocycles. The average molecular weight is 349 g/mol. The molecule has 3 aromatic carbocycles. The molecule has 0 spiro atoms. The highest BCUT2D eigenvalue weighted by atomic mass is 16.5. The zero-order valence-corrected chi connectivity index (χ0v) is 14.6. The van der Waals surface area contributed by atoms with Crippen molar-refractivity contribution in [2.75, 3.05) is 12.4 Å². The van der Waals surface area contributed by atoms with Gasteiger partial charge in [-0.05, 0) is 42.0 Å². The largest absolute Gasteiger partial charge is 0.496 e. The quantitative estimate of drug-likeness (QED) is 0.706. The highest BCUT2D eigenvalue weighted by Crippen LogP contribution is 2.27. The van der Waals surface area contributed by atoms with Crippen LogP contribution in [0.15, 0.2) is 66.7 Å². The fourth-order valence-electron chi connectivity index (χ4n) is 2.59. The van der Waals surface area contributed by atoms with E-state index in [1.54, 1.807) is 24.3 Å². The van der Waals surface area contributed by atoms with Crippen LogP contribution in [0.4, 0.5) is 5.69 Å². The lowest BCUT2D eigenvalue weighted by molar-refractivity contribution is -0.123. The molecule has 0 heterocycles. The minimum atomic E-state index is -0.945. The number of amides is 1. The van der Waals surface area contributed by atoms with Crippen LogP contribution >= 0.6 is 0 Å². The molecule has 0 unspecified atom stereocenters. The molecule has 1 atom stereocenters. The number of anilines is 1. The summed E-state index contributed by atoms with van der Waals surface area (Å²) in [4.78, 5) is 24.8. The zero-order chi connectivity index (χ0) is 18.5. The van der Waals surface area contributed by atoms with Crippen LogP contribution in [0.3, 0.4) is 0 Å². The molecule has 0 fully saturated rings. The lowest BCUT2D eigenvalue weighted by Crippen LogP contribution is -2.30. The number of hydrogen-bond donors (Lipinski definition) is 1. The number of methoxy groups -OCH3 is 1. The molecular weight excluding hydrogens is 330 g/mol. The standard InChI is InChI=1S/C21H19NO4/c1-14(20(23)22-17-10-4-3-5-11-17)26-21(24)18-12-15-8-6-7-9-16(15)13-19(18)25-2/h3-14H,1-2H3,(H,22,23)/t14-/m0/s1. The highest BCUT2D eigenvalue weighted by Gasteiger charge is 2.22. The molecule has 0 radical (unpaired) electrons. The van der Waals surface area contributed by atoms with E-state index in [1.165, 1.54) is 14.0 Å². The fourth-order valence-corrected chi connectivity index (χ4v) is 2.59. The second-order valence-electron chi connectivity index (χ2n) is 5.80. The van der Waals surface area contributed by atoms with Gasteiger partial charge in [0, 0.05) is 5.69 Å². The van der Waals surface area contributed by atoms with Gasteiger partial charge < -0.3 is 14.8 Å². The highest BCUT2D eigenvalue weighted by molar-refractivity contribution is 6.01. The van der Waals surface area contributed by atoms with Crippen molar-refractivity contribution in [1.29, 1.82) is 0 Å². The Balaban J connectivity index is 1.76. The molecule has 0 aliphatic rings. The van der Waals surface area contributed by atoms with E-state index in [0.717, 1.165) is 10.8 Å². The van der Waals surface area contributed by atoms with Crippen molar-refractivity contribution >= 4 is 28.3 Å². The molecule has 5 nitrogen and oxygen atoms in total. The second-order valence-corrected chi connectivity index (χ2v) is 5.80. The Morgan fingerprint density at radius 3 is 2.19 bits per heavy atom. The summed E-state index contributed by atoms with van der Waals surface area (Å²) < 4.78 is 10.6. The van der Waals surface area contributed by atoms with E-state index < -0.39 is 18.0 Å². The number of benzene rings is 3. The molecule has 132 valence electrons. The number of para-hydroxylation sites is 1. The van der Waals surface area contributed by atoms with Gasteiger partial charge in [0.25, 0.3) is 5.91 Å². The Morgan fingerprint density at radius 1 is 0.923 bits per heavy atom. The van der Waals surface area contributed by atoms with Crippen LogP contribution in [-0.2, 0) is 9.53 Å². The average Bonchev–Trinajstić information content (AvgIpc) is 2.67. The van der Waals surface area contributed by atoms with Crippen LogP contribution in [-0.4, -0.2) is 25.1 Å². The third kappa shape index (κ3) is 3.83. The molecule has 0 aliphatic heterocycles. The summed E-state index contributed by atoms with van der Waals surface area (Å²) in [6.07, 6.45) is -0.945. The van der Waals surface area contributed by atoms with Crippen LogP contribution < -0.4 is 10.1 Å². The molecule has 1 amide bonds. The Bertz CT molecular complexity index is 937. The van der Waals surface area contributed by atoms with Crippen molar-refractivity contribution in [3.05, 3.63) is 72.3 Å². The molecular formula is C21H19NO4. The van der Waals surface area contributed by atoms with E-state index in [4.69, 9.17) is 9.47 Å². The van der Waals surface area contributed by atoms with E-state index >= 15 is 0 Å². The topological polar surface area (TPSA) is 64.6 Å². The number of ether oxygens (including phenoxy) is 2. The van der Waals surface area contributed by atoms with Gasteiger partial charge in [0.15, 0.2) is 6.10 Å². The van der Waals surface area contributed by atoms with E-state index in [0.29, 0.717) is 11.4 Å². The van der Waals surface area contributed by atoms with Crippen LogP contribution in [0.1, 0.15) is 17.3 Å². The number of fused-ring (bicyclic) bond motifs is 1. The van der Waals surface area contributed by atoms with Gasteiger partial charge in [-0.3, -0.25) is 4.79 Å². The first kappa shape index (κ1) is 17.5. The third-order valence-corrected chi connectivity index (χ3v) is 3.98. The molecule has 3 aromatic rings. The van der Waals surface area contributed by atoms with E-state index in [2.05, 4.69) is 5.32 Å². The zero-order valence-electron chi connectivity index (χ0n) is 14.6. The summed E-state index contributed by atoms with van der Waals surface area (Å²) in [6.45, 7) is 1.53. The Morgan fingerprint density at radius 2 is 1.54 bits per heavy atom. The van der Waals surface area contributed by atoms with E-state index in [1.807, 2.05) is 42.5 Å². The fraction of sp³-hybridized carbons (Fsp3) is 0.143. The lowest BCUT2D eigenvalue weighted by Gasteiger charge is -2.15. The lowest BCUT2D eigenvalue weighted by atomic mass is 10.1. The molecule has 0 bridgehead atoms.